The molecule has 0 saturated carbocycles. The number of pyridine rings is 1. The largest absolute Gasteiger partial charge is 0.476 e. The summed E-state index contributed by atoms with van der Waals surface area (Å²) in [4.78, 5) is 12.4. The van der Waals surface area contributed by atoms with Gasteiger partial charge in [0.05, 0.1) is 18.3 Å². The summed E-state index contributed by atoms with van der Waals surface area (Å²) in [6.45, 7) is 4.38. The van der Waals surface area contributed by atoms with Crippen molar-refractivity contribution in [2.75, 3.05) is 17.7 Å². The quantitative estimate of drug-likeness (QED) is 0.854. The molecule has 0 bridgehead atoms. The Labute approximate surface area is 112 Å². The molecule has 2 aromatic heterocycles. The molecule has 0 radical (unpaired) electrons. The average molecular weight is 259 g/mol. The first-order valence-corrected chi connectivity index (χ1v) is 6.13. The van der Waals surface area contributed by atoms with Crippen molar-refractivity contribution in [2.24, 2.45) is 0 Å². The van der Waals surface area contributed by atoms with Crippen LogP contribution in [0.2, 0.25) is 0 Å². The van der Waals surface area contributed by atoms with Crippen molar-refractivity contribution in [3.63, 3.8) is 0 Å². The number of hydrogen-bond donors (Lipinski definition) is 2. The van der Waals surface area contributed by atoms with Gasteiger partial charge in [-0.2, -0.15) is 4.98 Å². The molecular weight excluding hydrogens is 242 g/mol. The molecule has 2 aromatic rings. The second-order valence-electron chi connectivity index (χ2n) is 3.99. The standard InChI is InChI=1S/C13H17N5O/c1-3-19-13-11(14)12(16-8-17-13)18-9(2)10-6-4-5-7-15-10/h4-9H,3,14H2,1-2H3,(H,16,17,18). The second kappa shape index (κ2) is 5.99. The minimum absolute atomic E-state index is 0.00660. The first kappa shape index (κ1) is 13.1. The molecule has 3 N–H and O–H groups in total. The normalized spacial score (nSPS) is 11.9. The Morgan fingerprint density at radius 3 is 2.84 bits per heavy atom. The highest BCUT2D eigenvalue weighted by Crippen LogP contribution is 2.27. The molecule has 0 fully saturated rings. The summed E-state index contributed by atoms with van der Waals surface area (Å²) in [6, 6.07) is 5.75. The van der Waals surface area contributed by atoms with E-state index in [4.69, 9.17) is 10.5 Å². The van der Waals surface area contributed by atoms with Crippen LogP contribution in [0.5, 0.6) is 5.88 Å². The van der Waals surface area contributed by atoms with E-state index in [1.807, 2.05) is 32.0 Å². The maximum atomic E-state index is 5.96. The van der Waals surface area contributed by atoms with Crippen molar-refractivity contribution in [2.45, 2.75) is 19.9 Å². The number of ether oxygens (including phenoxy) is 1. The molecule has 2 rings (SSSR count). The molecule has 1 atom stereocenters. The van der Waals surface area contributed by atoms with Gasteiger partial charge in [-0.15, -0.1) is 0 Å². The smallest absolute Gasteiger partial charge is 0.242 e. The van der Waals surface area contributed by atoms with Crippen molar-refractivity contribution in [1.82, 2.24) is 15.0 Å². The molecule has 0 aliphatic heterocycles. The van der Waals surface area contributed by atoms with E-state index in [0.29, 0.717) is 24.0 Å². The summed E-state index contributed by atoms with van der Waals surface area (Å²) in [5.74, 6) is 0.949. The third-order valence-corrected chi connectivity index (χ3v) is 2.61. The maximum Gasteiger partial charge on any atom is 0.242 e. The Hall–Kier alpha value is -2.37. The van der Waals surface area contributed by atoms with Gasteiger partial charge in [0.1, 0.15) is 12.0 Å². The summed E-state index contributed by atoms with van der Waals surface area (Å²) < 4.78 is 5.33. The molecule has 6 nitrogen and oxygen atoms in total. The van der Waals surface area contributed by atoms with Gasteiger partial charge >= 0.3 is 0 Å². The van der Waals surface area contributed by atoms with Crippen LogP contribution in [-0.2, 0) is 0 Å². The maximum absolute atomic E-state index is 5.96. The summed E-state index contributed by atoms with van der Waals surface area (Å²) >= 11 is 0. The summed E-state index contributed by atoms with van der Waals surface area (Å²) in [5.41, 5.74) is 7.29. The fourth-order valence-corrected chi connectivity index (χ4v) is 1.66. The van der Waals surface area contributed by atoms with E-state index in [0.717, 1.165) is 5.69 Å². The van der Waals surface area contributed by atoms with Crippen molar-refractivity contribution in [3.05, 3.63) is 36.4 Å². The lowest BCUT2D eigenvalue weighted by molar-refractivity contribution is 0.328. The van der Waals surface area contributed by atoms with Crippen LogP contribution in [0, 0.1) is 0 Å². The van der Waals surface area contributed by atoms with Crippen LogP contribution in [0.15, 0.2) is 30.7 Å². The zero-order valence-electron chi connectivity index (χ0n) is 11.0. The van der Waals surface area contributed by atoms with Gasteiger partial charge in [-0.3, -0.25) is 4.98 Å². The van der Waals surface area contributed by atoms with Gasteiger partial charge < -0.3 is 15.8 Å². The monoisotopic (exact) mass is 259 g/mol. The van der Waals surface area contributed by atoms with Gasteiger partial charge in [-0.05, 0) is 26.0 Å². The number of aromatic nitrogens is 3. The van der Waals surface area contributed by atoms with Gasteiger partial charge in [0.25, 0.3) is 0 Å². The zero-order chi connectivity index (χ0) is 13.7. The highest BCUT2D eigenvalue weighted by atomic mass is 16.5. The number of nitrogen functional groups attached to an aromatic ring is 1. The summed E-state index contributed by atoms with van der Waals surface area (Å²) in [5, 5.41) is 3.21. The number of hydrogen-bond acceptors (Lipinski definition) is 6. The topological polar surface area (TPSA) is 86.0 Å². The van der Waals surface area contributed by atoms with Crippen LogP contribution in [0.4, 0.5) is 11.5 Å². The molecule has 0 saturated heterocycles. The van der Waals surface area contributed by atoms with Crippen LogP contribution in [0.1, 0.15) is 25.6 Å². The van der Waals surface area contributed by atoms with Crippen molar-refractivity contribution in [3.8, 4) is 5.88 Å². The second-order valence-corrected chi connectivity index (χ2v) is 3.99. The minimum atomic E-state index is -0.00660. The Morgan fingerprint density at radius 2 is 2.16 bits per heavy atom. The van der Waals surface area contributed by atoms with E-state index in [2.05, 4.69) is 20.3 Å². The molecule has 0 amide bonds. The van der Waals surface area contributed by atoms with Crippen LogP contribution < -0.4 is 15.8 Å². The number of anilines is 2. The molecule has 19 heavy (non-hydrogen) atoms. The molecule has 0 spiro atoms. The van der Waals surface area contributed by atoms with E-state index in [9.17, 15) is 0 Å². The van der Waals surface area contributed by atoms with E-state index in [1.54, 1.807) is 6.20 Å². The summed E-state index contributed by atoms with van der Waals surface area (Å²) in [7, 11) is 0. The fraction of sp³-hybridized carbons (Fsp3) is 0.308. The fourth-order valence-electron chi connectivity index (χ4n) is 1.66. The molecular formula is C13H17N5O. The highest BCUT2D eigenvalue weighted by molar-refractivity contribution is 5.66. The van der Waals surface area contributed by atoms with Gasteiger partial charge in [0.2, 0.25) is 5.88 Å². The highest BCUT2D eigenvalue weighted by Gasteiger charge is 2.12. The molecule has 0 aliphatic carbocycles. The minimum Gasteiger partial charge on any atom is -0.476 e. The Morgan fingerprint density at radius 1 is 1.32 bits per heavy atom. The third-order valence-electron chi connectivity index (χ3n) is 2.61. The van der Waals surface area contributed by atoms with Gasteiger partial charge in [0, 0.05) is 6.20 Å². The molecule has 0 aliphatic rings. The van der Waals surface area contributed by atoms with Gasteiger partial charge in [0.15, 0.2) is 5.82 Å². The lowest BCUT2D eigenvalue weighted by Gasteiger charge is -2.16. The van der Waals surface area contributed by atoms with Crippen molar-refractivity contribution >= 4 is 11.5 Å². The summed E-state index contributed by atoms with van der Waals surface area (Å²) in [6.07, 6.45) is 3.18. The van der Waals surface area contributed by atoms with Crippen molar-refractivity contribution in [1.29, 1.82) is 0 Å². The first-order valence-electron chi connectivity index (χ1n) is 6.13. The molecule has 2 heterocycles. The number of rotatable bonds is 5. The predicted molar refractivity (Wildman–Crippen MR) is 73.9 cm³/mol. The predicted octanol–water partition coefficient (Wildman–Crippen LogP) is 2.03. The molecule has 0 aromatic carbocycles. The Balaban J connectivity index is 2.17. The lowest BCUT2D eigenvalue weighted by atomic mass is 10.2. The molecule has 1 unspecified atom stereocenters. The Bertz CT molecular complexity index is 532. The van der Waals surface area contributed by atoms with E-state index in [1.165, 1.54) is 6.33 Å². The lowest BCUT2D eigenvalue weighted by Crippen LogP contribution is -2.12. The van der Waals surface area contributed by atoms with E-state index < -0.39 is 0 Å². The zero-order valence-corrected chi connectivity index (χ0v) is 11.0. The van der Waals surface area contributed by atoms with Crippen LogP contribution in [-0.4, -0.2) is 21.6 Å². The third kappa shape index (κ3) is 3.09. The SMILES string of the molecule is CCOc1ncnc(NC(C)c2ccccn2)c1N. The van der Waals surface area contributed by atoms with Crippen LogP contribution in [0.3, 0.4) is 0 Å². The number of nitrogens with two attached hydrogens (primary N) is 1. The van der Waals surface area contributed by atoms with E-state index >= 15 is 0 Å². The van der Waals surface area contributed by atoms with Crippen molar-refractivity contribution < 1.29 is 4.74 Å². The molecule has 100 valence electrons. The average Bonchev–Trinajstić information content (AvgIpc) is 2.44. The molecule has 6 heteroatoms. The van der Waals surface area contributed by atoms with Crippen LogP contribution in [0.25, 0.3) is 0 Å². The van der Waals surface area contributed by atoms with Gasteiger partial charge in [-0.1, -0.05) is 6.07 Å². The number of nitrogens with one attached hydrogen (secondary N) is 1. The van der Waals surface area contributed by atoms with Gasteiger partial charge in [-0.25, -0.2) is 4.98 Å². The first-order chi connectivity index (χ1) is 9.22. The Kier molecular flexibility index (Phi) is 4.12. The van der Waals surface area contributed by atoms with Crippen LogP contribution >= 0.6 is 0 Å². The van der Waals surface area contributed by atoms with E-state index in [-0.39, 0.29) is 6.04 Å². The number of nitrogens with zero attached hydrogens (tertiary/aromatic N) is 3.